The van der Waals surface area contributed by atoms with Gasteiger partial charge in [0, 0.05) is 22.7 Å². The number of nitrogens with zero attached hydrogens (tertiary/aromatic N) is 1. The zero-order valence-corrected chi connectivity index (χ0v) is 15.9. The number of carbonyl (C=O) groups excluding carboxylic acids is 1. The second-order valence-electron chi connectivity index (χ2n) is 6.96. The topological polar surface area (TPSA) is 32.3 Å². The third-order valence-corrected chi connectivity index (χ3v) is 5.92. The van der Waals surface area contributed by atoms with Crippen molar-refractivity contribution in [2.45, 2.75) is 39.2 Å². The largest absolute Gasteiger partial charge is 0.337 e. The summed E-state index contributed by atoms with van der Waals surface area (Å²) in [6.07, 6.45) is 3.81. The molecule has 1 saturated heterocycles. The molecular weight excluding hydrogens is 328 g/mol. The van der Waals surface area contributed by atoms with Gasteiger partial charge >= 0.3 is 0 Å². The van der Waals surface area contributed by atoms with Gasteiger partial charge in [0.2, 0.25) is 5.91 Å². The van der Waals surface area contributed by atoms with Gasteiger partial charge in [-0.05, 0) is 62.9 Å². The molecule has 1 fully saturated rings. The lowest BCUT2D eigenvalue weighted by Crippen LogP contribution is -2.32. The molecular formula is C21H28N2OS. The zero-order valence-electron chi connectivity index (χ0n) is 15.0. The maximum atomic E-state index is 12.8. The Morgan fingerprint density at radius 3 is 2.76 bits per heavy atom. The lowest BCUT2D eigenvalue weighted by molar-refractivity contribution is -0.132. The van der Waals surface area contributed by atoms with Gasteiger partial charge in [0.25, 0.3) is 0 Å². The maximum absolute atomic E-state index is 12.8. The van der Waals surface area contributed by atoms with Crippen LogP contribution < -0.4 is 5.32 Å². The molecule has 0 spiro atoms. The van der Waals surface area contributed by atoms with Crippen molar-refractivity contribution in [3.63, 3.8) is 0 Å². The summed E-state index contributed by atoms with van der Waals surface area (Å²) in [6, 6.07) is 14.8. The van der Waals surface area contributed by atoms with Gasteiger partial charge in [0.15, 0.2) is 0 Å². The molecule has 1 aromatic heterocycles. The highest BCUT2D eigenvalue weighted by Gasteiger charge is 2.19. The second-order valence-corrected chi connectivity index (χ2v) is 8.33. The van der Waals surface area contributed by atoms with Crippen LogP contribution in [0.1, 0.15) is 34.6 Å². The standard InChI is InChI=1S/C21H28N2OS/c1-17-7-9-20(25-17)16-23(14-12-18-5-3-2-4-6-18)21(24)10-8-19-11-13-22-15-19/h2-7,9,19,22H,8,10-16H2,1H3. The highest BCUT2D eigenvalue weighted by atomic mass is 32.1. The van der Waals surface area contributed by atoms with Crippen molar-refractivity contribution >= 4 is 17.2 Å². The molecule has 1 atom stereocenters. The van der Waals surface area contributed by atoms with Gasteiger partial charge in [-0.2, -0.15) is 0 Å². The minimum atomic E-state index is 0.300. The summed E-state index contributed by atoms with van der Waals surface area (Å²) >= 11 is 1.79. The molecule has 0 bridgehead atoms. The Kier molecular flexibility index (Phi) is 6.65. The van der Waals surface area contributed by atoms with Crippen LogP contribution in [0.5, 0.6) is 0 Å². The lowest BCUT2D eigenvalue weighted by Gasteiger charge is -2.23. The van der Waals surface area contributed by atoms with Crippen LogP contribution in [0.4, 0.5) is 0 Å². The number of aryl methyl sites for hydroxylation is 1. The molecule has 1 unspecified atom stereocenters. The SMILES string of the molecule is Cc1ccc(CN(CCc2ccccc2)C(=O)CCC2CCNC2)s1. The average molecular weight is 357 g/mol. The molecule has 134 valence electrons. The third kappa shape index (κ3) is 5.68. The Bertz CT molecular complexity index is 662. The minimum Gasteiger partial charge on any atom is -0.337 e. The molecule has 1 aliphatic heterocycles. The number of nitrogens with one attached hydrogen (secondary N) is 1. The fourth-order valence-electron chi connectivity index (χ4n) is 3.41. The Balaban J connectivity index is 1.59. The number of hydrogen-bond acceptors (Lipinski definition) is 3. The predicted molar refractivity (Wildman–Crippen MR) is 105 cm³/mol. The van der Waals surface area contributed by atoms with Crippen LogP contribution in [0.2, 0.25) is 0 Å². The molecule has 3 rings (SSSR count). The first-order valence-electron chi connectivity index (χ1n) is 9.28. The van der Waals surface area contributed by atoms with E-state index in [2.05, 4.69) is 53.5 Å². The lowest BCUT2D eigenvalue weighted by atomic mass is 10.0. The van der Waals surface area contributed by atoms with Crippen LogP contribution in [0.15, 0.2) is 42.5 Å². The van der Waals surface area contributed by atoms with Gasteiger partial charge < -0.3 is 10.2 Å². The summed E-state index contributed by atoms with van der Waals surface area (Å²) in [5.41, 5.74) is 1.29. The maximum Gasteiger partial charge on any atom is 0.222 e. The van der Waals surface area contributed by atoms with Gasteiger partial charge in [0.05, 0.1) is 6.54 Å². The zero-order chi connectivity index (χ0) is 17.5. The molecule has 25 heavy (non-hydrogen) atoms. The van der Waals surface area contributed by atoms with E-state index in [0.29, 0.717) is 18.2 Å². The van der Waals surface area contributed by atoms with E-state index in [0.717, 1.165) is 39.0 Å². The Hall–Kier alpha value is -1.65. The van der Waals surface area contributed by atoms with E-state index in [4.69, 9.17) is 0 Å². The first-order valence-corrected chi connectivity index (χ1v) is 10.1. The van der Waals surface area contributed by atoms with Crippen molar-refractivity contribution in [3.05, 3.63) is 57.8 Å². The van der Waals surface area contributed by atoms with Gasteiger partial charge in [-0.15, -0.1) is 11.3 Å². The number of carbonyl (C=O) groups is 1. The quantitative estimate of drug-likeness (QED) is 0.775. The molecule has 3 nitrogen and oxygen atoms in total. The summed E-state index contributed by atoms with van der Waals surface area (Å²) in [4.78, 5) is 17.5. The first-order chi connectivity index (χ1) is 12.2. The molecule has 1 N–H and O–H groups in total. The summed E-state index contributed by atoms with van der Waals surface area (Å²) in [5.74, 6) is 0.970. The summed E-state index contributed by atoms with van der Waals surface area (Å²) in [5, 5.41) is 3.39. The van der Waals surface area contributed by atoms with Gasteiger partial charge in [-0.25, -0.2) is 0 Å². The number of rotatable bonds is 8. The third-order valence-electron chi connectivity index (χ3n) is 4.94. The highest BCUT2D eigenvalue weighted by Crippen LogP contribution is 2.20. The van der Waals surface area contributed by atoms with E-state index in [1.54, 1.807) is 11.3 Å². The number of thiophene rings is 1. The normalized spacial score (nSPS) is 16.9. The van der Waals surface area contributed by atoms with Crippen molar-refractivity contribution in [3.8, 4) is 0 Å². The molecule has 0 aliphatic carbocycles. The van der Waals surface area contributed by atoms with Crippen LogP contribution in [0.3, 0.4) is 0 Å². The van der Waals surface area contributed by atoms with E-state index < -0.39 is 0 Å². The molecule has 4 heteroatoms. The van der Waals surface area contributed by atoms with Crippen molar-refractivity contribution in [1.82, 2.24) is 10.2 Å². The molecule has 2 heterocycles. The second kappa shape index (κ2) is 9.16. The van der Waals surface area contributed by atoms with E-state index in [1.807, 2.05) is 6.07 Å². The van der Waals surface area contributed by atoms with Crippen molar-refractivity contribution in [1.29, 1.82) is 0 Å². The Morgan fingerprint density at radius 2 is 2.08 bits per heavy atom. The fourth-order valence-corrected chi connectivity index (χ4v) is 4.31. The molecule has 1 aliphatic rings. The van der Waals surface area contributed by atoms with Gasteiger partial charge in [-0.3, -0.25) is 4.79 Å². The Labute approximate surface area is 155 Å². The van der Waals surface area contributed by atoms with E-state index in [-0.39, 0.29) is 0 Å². The predicted octanol–water partition coefficient (Wildman–Crippen LogP) is 4.02. The van der Waals surface area contributed by atoms with Crippen LogP contribution in [0.25, 0.3) is 0 Å². The molecule has 1 amide bonds. The summed E-state index contributed by atoms with van der Waals surface area (Å²) in [6.45, 7) is 5.83. The summed E-state index contributed by atoms with van der Waals surface area (Å²) in [7, 11) is 0. The molecule has 0 radical (unpaired) electrons. The van der Waals surface area contributed by atoms with Gasteiger partial charge in [0.1, 0.15) is 0 Å². The van der Waals surface area contributed by atoms with Crippen molar-refractivity contribution < 1.29 is 4.79 Å². The smallest absolute Gasteiger partial charge is 0.222 e. The van der Waals surface area contributed by atoms with E-state index in [9.17, 15) is 4.79 Å². The monoisotopic (exact) mass is 356 g/mol. The highest BCUT2D eigenvalue weighted by molar-refractivity contribution is 7.11. The minimum absolute atomic E-state index is 0.300. The van der Waals surface area contributed by atoms with Crippen molar-refractivity contribution in [2.75, 3.05) is 19.6 Å². The number of amides is 1. The van der Waals surface area contributed by atoms with Crippen LogP contribution in [-0.2, 0) is 17.8 Å². The number of benzene rings is 1. The van der Waals surface area contributed by atoms with E-state index in [1.165, 1.54) is 21.7 Å². The summed E-state index contributed by atoms with van der Waals surface area (Å²) < 4.78 is 0. The van der Waals surface area contributed by atoms with E-state index >= 15 is 0 Å². The average Bonchev–Trinajstić information content (AvgIpc) is 3.29. The molecule has 0 saturated carbocycles. The molecule has 2 aromatic rings. The van der Waals surface area contributed by atoms with Crippen molar-refractivity contribution in [2.24, 2.45) is 5.92 Å². The van der Waals surface area contributed by atoms with Crippen LogP contribution >= 0.6 is 11.3 Å². The molecule has 1 aromatic carbocycles. The Morgan fingerprint density at radius 1 is 1.24 bits per heavy atom. The fraction of sp³-hybridized carbons (Fsp3) is 0.476. The van der Waals surface area contributed by atoms with Crippen LogP contribution in [0, 0.1) is 12.8 Å². The van der Waals surface area contributed by atoms with Crippen LogP contribution in [-0.4, -0.2) is 30.4 Å². The number of hydrogen-bond donors (Lipinski definition) is 1. The first kappa shape index (κ1) is 18.2. The van der Waals surface area contributed by atoms with Gasteiger partial charge in [-0.1, -0.05) is 30.3 Å².